The molecule has 0 saturated heterocycles. The second-order valence-corrected chi connectivity index (χ2v) is 5.71. The van der Waals surface area contributed by atoms with Gasteiger partial charge in [0.15, 0.2) is 11.6 Å². The summed E-state index contributed by atoms with van der Waals surface area (Å²) < 4.78 is 19.3. The highest BCUT2D eigenvalue weighted by molar-refractivity contribution is 5.31. The Morgan fingerprint density at radius 2 is 1.84 bits per heavy atom. The number of halogens is 1. The molecule has 0 fully saturated rings. The van der Waals surface area contributed by atoms with Crippen LogP contribution in [0, 0.1) is 11.7 Å². The first-order chi connectivity index (χ1) is 8.90. The van der Waals surface area contributed by atoms with Crippen molar-refractivity contribution in [2.45, 2.75) is 53.2 Å². The van der Waals surface area contributed by atoms with Gasteiger partial charge < -0.3 is 10.1 Å². The molecule has 0 saturated carbocycles. The normalized spacial score (nSPS) is 13.1. The molecule has 1 rings (SSSR count). The second kappa shape index (κ2) is 7.49. The van der Waals surface area contributed by atoms with Crippen molar-refractivity contribution < 1.29 is 9.13 Å². The zero-order chi connectivity index (χ0) is 14.4. The first-order valence-electron chi connectivity index (χ1n) is 7.09. The van der Waals surface area contributed by atoms with Crippen molar-refractivity contribution in [1.29, 1.82) is 0 Å². The third-order valence-corrected chi connectivity index (χ3v) is 2.99. The highest BCUT2D eigenvalue weighted by Gasteiger charge is 2.10. The number of rotatable bonds is 7. The van der Waals surface area contributed by atoms with E-state index in [-0.39, 0.29) is 18.0 Å². The Morgan fingerprint density at radius 3 is 2.37 bits per heavy atom. The fourth-order valence-corrected chi connectivity index (χ4v) is 1.84. The molecule has 0 amide bonds. The second-order valence-electron chi connectivity index (χ2n) is 5.71. The number of benzene rings is 1. The molecule has 0 heterocycles. The molecule has 0 bridgehead atoms. The maximum atomic E-state index is 13.9. The average Bonchev–Trinajstić information content (AvgIpc) is 2.30. The van der Waals surface area contributed by atoms with E-state index in [2.05, 4.69) is 26.1 Å². The molecule has 0 aliphatic rings. The predicted octanol–water partition coefficient (Wildman–Crippen LogP) is 4.31. The lowest BCUT2D eigenvalue weighted by Gasteiger charge is -2.17. The molecule has 1 atom stereocenters. The Hall–Kier alpha value is -1.09. The average molecular weight is 267 g/mol. The van der Waals surface area contributed by atoms with Crippen molar-refractivity contribution in [3.05, 3.63) is 29.6 Å². The smallest absolute Gasteiger partial charge is 0.165 e. The third kappa shape index (κ3) is 5.60. The van der Waals surface area contributed by atoms with Crippen LogP contribution in [0.15, 0.2) is 18.2 Å². The molecule has 1 aromatic rings. The highest BCUT2D eigenvalue weighted by Crippen LogP contribution is 2.23. The van der Waals surface area contributed by atoms with E-state index in [0.717, 1.165) is 18.5 Å². The van der Waals surface area contributed by atoms with E-state index in [1.165, 1.54) is 0 Å². The van der Waals surface area contributed by atoms with Gasteiger partial charge in [-0.05, 0) is 57.4 Å². The van der Waals surface area contributed by atoms with Crippen molar-refractivity contribution in [3.8, 4) is 5.75 Å². The van der Waals surface area contributed by atoms with Gasteiger partial charge in [0.1, 0.15) is 0 Å². The summed E-state index contributed by atoms with van der Waals surface area (Å²) in [7, 11) is 0. The molecule has 0 spiro atoms. The van der Waals surface area contributed by atoms with E-state index in [1.54, 1.807) is 12.1 Å². The van der Waals surface area contributed by atoms with Crippen LogP contribution in [0.5, 0.6) is 5.75 Å². The van der Waals surface area contributed by atoms with E-state index in [0.29, 0.717) is 11.7 Å². The summed E-state index contributed by atoms with van der Waals surface area (Å²) in [4.78, 5) is 0. The van der Waals surface area contributed by atoms with Crippen LogP contribution in [-0.2, 0) is 0 Å². The summed E-state index contributed by atoms with van der Waals surface area (Å²) in [6, 6.07) is 5.35. The number of hydrogen-bond donors (Lipinski definition) is 1. The number of ether oxygens (including phenoxy) is 1. The lowest BCUT2D eigenvalue weighted by Crippen LogP contribution is -2.21. The van der Waals surface area contributed by atoms with Gasteiger partial charge in [0.2, 0.25) is 0 Å². The van der Waals surface area contributed by atoms with Crippen LogP contribution in [0.3, 0.4) is 0 Å². The molecular formula is C16H26FNO. The molecule has 0 unspecified atom stereocenters. The van der Waals surface area contributed by atoms with Crippen LogP contribution in [0.1, 0.15) is 52.6 Å². The molecule has 1 N–H and O–H groups in total. The van der Waals surface area contributed by atoms with Gasteiger partial charge in [0.05, 0.1) is 6.10 Å². The Labute approximate surface area is 116 Å². The Balaban J connectivity index is 2.61. The number of hydrogen-bond acceptors (Lipinski definition) is 2. The fraction of sp³-hybridized carbons (Fsp3) is 0.625. The quantitative estimate of drug-likeness (QED) is 0.795. The van der Waals surface area contributed by atoms with Gasteiger partial charge >= 0.3 is 0 Å². The van der Waals surface area contributed by atoms with Gasteiger partial charge in [0, 0.05) is 6.04 Å². The standard InChI is InChI=1S/C16H26FNO/c1-11(2)8-9-18-13(5)14-6-7-16(15(17)10-14)19-12(3)4/h6-7,10-13,18H,8-9H2,1-5H3/t13-/m0/s1. The first kappa shape index (κ1) is 16.0. The van der Waals surface area contributed by atoms with Gasteiger partial charge in [-0.1, -0.05) is 19.9 Å². The maximum absolute atomic E-state index is 13.9. The lowest BCUT2D eigenvalue weighted by atomic mass is 10.1. The molecule has 0 radical (unpaired) electrons. The minimum atomic E-state index is -0.288. The van der Waals surface area contributed by atoms with Crippen molar-refractivity contribution in [1.82, 2.24) is 5.32 Å². The molecule has 2 nitrogen and oxygen atoms in total. The molecule has 0 aliphatic carbocycles. The molecule has 0 aliphatic heterocycles. The Bertz CT molecular complexity index is 390. The minimum Gasteiger partial charge on any atom is -0.488 e. The van der Waals surface area contributed by atoms with Gasteiger partial charge in [-0.3, -0.25) is 0 Å². The lowest BCUT2D eigenvalue weighted by molar-refractivity contribution is 0.231. The summed E-state index contributed by atoms with van der Waals surface area (Å²) in [5.74, 6) is 0.718. The summed E-state index contributed by atoms with van der Waals surface area (Å²) in [6.07, 6.45) is 1.11. The van der Waals surface area contributed by atoms with Gasteiger partial charge in [-0.2, -0.15) is 0 Å². The molecule has 108 valence electrons. The Morgan fingerprint density at radius 1 is 1.16 bits per heavy atom. The number of nitrogens with one attached hydrogen (secondary N) is 1. The summed E-state index contributed by atoms with van der Waals surface area (Å²) >= 11 is 0. The van der Waals surface area contributed by atoms with Crippen LogP contribution in [-0.4, -0.2) is 12.6 Å². The molecule has 19 heavy (non-hydrogen) atoms. The maximum Gasteiger partial charge on any atom is 0.165 e. The minimum absolute atomic E-state index is 0.0121. The third-order valence-electron chi connectivity index (χ3n) is 2.99. The summed E-state index contributed by atoms with van der Waals surface area (Å²) in [5, 5.41) is 3.41. The zero-order valence-corrected chi connectivity index (χ0v) is 12.7. The van der Waals surface area contributed by atoms with E-state index < -0.39 is 0 Å². The summed E-state index contributed by atoms with van der Waals surface area (Å²) in [5.41, 5.74) is 0.956. The zero-order valence-electron chi connectivity index (χ0n) is 12.7. The Kier molecular flexibility index (Phi) is 6.29. The van der Waals surface area contributed by atoms with Gasteiger partial charge in [-0.15, -0.1) is 0 Å². The predicted molar refractivity (Wildman–Crippen MR) is 78.0 cm³/mol. The molecular weight excluding hydrogens is 241 g/mol. The van der Waals surface area contributed by atoms with E-state index in [4.69, 9.17) is 4.74 Å². The topological polar surface area (TPSA) is 21.3 Å². The van der Waals surface area contributed by atoms with Crippen molar-refractivity contribution in [2.75, 3.05) is 6.54 Å². The fourth-order valence-electron chi connectivity index (χ4n) is 1.84. The summed E-state index contributed by atoms with van der Waals surface area (Å²) in [6.45, 7) is 11.2. The van der Waals surface area contributed by atoms with Crippen molar-refractivity contribution >= 4 is 0 Å². The van der Waals surface area contributed by atoms with Crippen LogP contribution >= 0.6 is 0 Å². The van der Waals surface area contributed by atoms with Crippen LogP contribution in [0.4, 0.5) is 4.39 Å². The van der Waals surface area contributed by atoms with Crippen LogP contribution < -0.4 is 10.1 Å². The largest absolute Gasteiger partial charge is 0.488 e. The highest BCUT2D eigenvalue weighted by atomic mass is 19.1. The molecule has 1 aromatic carbocycles. The van der Waals surface area contributed by atoms with Crippen LogP contribution in [0.25, 0.3) is 0 Å². The van der Waals surface area contributed by atoms with Crippen molar-refractivity contribution in [3.63, 3.8) is 0 Å². The monoisotopic (exact) mass is 267 g/mol. The molecule has 0 aromatic heterocycles. The SMILES string of the molecule is CC(C)CCN[C@@H](C)c1ccc(OC(C)C)c(F)c1. The van der Waals surface area contributed by atoms with E-state index >= 15 is 0 Å². The van der Waals surface area contributed by atoms with Crippen molar-refractivity contribution in [2.24, 2.45) is 5.92 Å². The van der Waals surface area contributed by atoms with E-state index in [9.17, 15) is 4.39 Å². The van der Waals surface area contributed by atoms with E-state index in [1.807, 2.05) is 19.9 Å². The first-order valence-corrected chi connectivity index (χ1v) is 7.09. The van der Waals surface area contributed by atoms with Crippen LogP contribution in [0.2, 0.25) is 0 Å². The molecule has 3 heteroatoms. The van der Waals surface area contributed by atoms with Gasteiger partial charge in [0.25, 0.3) is 0 Å². The van der Waals surface area contributed by atoms with Gasteiger partial charge in [-0.25, -0.2) is 4.39 Å².